The van der Waals surface area contributed by atoms with E-state index < -0.39 is 0 Å². The fourth-order valence-electron chi connectivity index (χ4n) is 1.83. The van der Waals surface area contributed by atoms with Gasteiger partial charge in [-0.25, -0.2) is 4.98 Å². The normalized spacial score (nSPS) is 28.2. The van der Waals surface area contributed by atoms with Crippen LogP contribution in [0.5, 0.6) is 0 Å². The van der Waals surface area contributed by atoms with Gasteiger partial charge in [0.05, 0.1) is 12.2 Å². The van der Waals surface area contributed by atoms with E-state index in [9.17, 15) is 0 Å². The van der Waals surface area contributed by atoms with Crippen LogP contribution in [-0.4, -0.2) is 18.6 Å². The number of nitrogens with one attached hydrogen (secondary N) is 1. The molecule has 2 rings (SSSR count). The topological polar surface area (TPSA) is 47.3 Å². The Morgan fingerprint density at radius 2 is 2.40 bits per heavy atom. The SMILES string of the molecule is CNC(C)c1ncc(C2(C)CCCO2)o1. The Labute approximate surface area is 90.0 Å². The second-order valence-corrected chi connectivity index (χ2v) is 4.26. The van der Waals surface area contributed by atoms with Crippen molar-refractivity contribution in [2.75, 3.05) is 13.7 Å². The minimum absolute atomic E-state index is 0.142. The lowest BCUT2D eigenvalue weighted by Crippen LogP contribution is -2.19. The van der Waals surface area contributed by atoms with Gasteiger partial charge in [0.1, 0.15) is 5.60 Å². The Balaban J connectivity index is 2.19. The molecule has 4 heteroatoms. The fraction of sp³-hybridized carbons (Fsp3) is 0.727. The highest BCUT2D eigenvalue weighted by molar-refractivity contribution is 5.08. The van der Waals surface area contributed by atoms with Crippen LogP contribution >= 0.6 is 0 Å². The first-order valence-corrected chi connectivity index (χ1v) is 5.43. The molecule has 4 nitrogen and oxygen atoms in total. The lowest BCUT2D eigenvalue weighted by molar-refractivity contribution is -0.00196. The predicted molar refractivity (Wildman–Crippen MR) is 56.5 cm³/mol. The first kappa shape index (κ1) is 10.6. The molecule has 1 saturated heterocycles. The van der Waals surface area contributed by atoms with Crippen molar-refractivity contribution in [1.29, 1.82) is 0 Å². The number of hydrogen-bond donors (Lipinski definition) is 1. The lowest BCUT2D eigenvalue weighted by atomic mass is 10.0. The molecule has 0 aromatic carbocycles. The van der Waals surface area contributed by atoms with E-state index in [2.05, 4.69) is 17.2 Å². The van der Waals surface area contributed by atoms with E-state index in [1.54, 1.807) is 6.20 Å². The molecule has 84 valence electrons. The smallest absolute Gasteiger partial charge is 0.211 e. The third kappa shape index (κ3) is 1.92. The molecule has 0 spiro atoms. The van der Waals surface area contributed by atoms with Gasteiger partial charge in [0.15, 0.2) is 5.76 Å². The van der Waals surface area contributed by atoms with Crippen molar-refractivity contribution in [3.8, 4) is 0 Å². The summed E-state index contributed by atoms with van der Waals surface area (Å²) in [6.07, 6.45) is 3.89. The Morgan fingerprint density at radius 1 is 1.60 bits per heavy atom. The van der Waals surface area contributed by atoms with Gasteiger partial charge in [-0.3, -0.25) is 0 Å². The van der Waals surface area contributed by atoms with Crippen molar-refractivity contribution in [2.24, 2.45) is 0 Å². The zero-order valence-corrected chi connectivity index (χ0v) is 9.54. The predicted octanol–water partition coefficient (Wildman–Crippen LogP) is 1.98. The van der Waals surface area contributed by atoms with Crippen LogP contribution in [0.2, 0.25) is 0 Å². The molecular weight excluding hydrogens is 192 g/mol. The summed E-state index contributed by atoms with van der Waals surface area (Å²) in [4.78, 5) is 4.27. The molecule has 1 aliphatic heterocycles. The van der Waals surface area contributed by atoms with Crippen LogP contribution < -0.4 is 5.32 Å². The largest absolute Gasteiger partial charge is 0.441 e. The molecule has 1 aromatic rings. The molecule has 0 bridgehead atoms. The standard InChI is InChI=1S/C11H18N2O2/c1-8(12-3)10-13-7-9(15-10)11(2)5-4-6-14-11/h7-8,12H,4-6H2,1-3H3. The van der Waals surface area contributed by atoms with Crippen LogP contribution in [0.4, 0.5) is 0 Å². The van der Waals surface area contributed by atoms with Crippen LogP contribution in [0.25, 0.3) is 0 Å². The maximum Gasteiger partial charge on any atom is 0.211 e. The first-order valence-electron chi connectivity index (χ1n) is 5.43. The summed E-state index contributed by atoms with van der Waals surface area (Å²) < 4.78 is 11.4. The third-order valence-corrected chi connectivity index (χ3v) is 3.07. The van der Waals surface area contributed by atoms with Crippen LogP contribution in [0.1, 0.15) is 44.4 Å². The zero-order chi connectivity index (χ0) is 10.9. The van der Waals surface area contributed by atoms with Crippen molar-refractivity contribution in [3.05, 3.63) is 17.8 Å². The molecule has 1 N–H and O–H groups in total. The van der Waals surface area contributed by atoms with E-state index in [1.807, 2.05) is 14.0 Å². The second kappa shape index (κ2) is 3.94. The van der Waals surface area contributed by atoms with E-state index in [-0.39, 0.29) is 11.6 Å². The quantitative estimate of drug-likeness (QED) is 0.828. The number of ether oxygens (including phenoxy) is 1. The molecule has 0 radical (unpaired) electrons. The number of oxazole rings is 1. The summed E-state index contributed by atoms with van der Waals surface area (Å²) in [5.74, 6) is 1.57. The van der Waals surface area contributed by atoms with Crippen molar-refractivity contribution in [3.63, 3.8) is 0 Å². The fourth-order valence-corrected chi connectivity index (χ4v) is 1.83. The molecule has 0 saturated carbocycles. The number of rotatable bonds is 3. The summed E-state index contributed by atoms with van der Waals surface area (Å²) in [6.45, 7) is 4.90. The van der Waals surface area contributed by atoms with Gasteiger partial charge in [0.25, 0.3) is 0 Å². The van der Waals surface area contributed by atoms with Gasteiger partial charge < -0.3 is 14.5 Å². The molecule has 2 heterocycles. The van der Waals surface area contributed by atoms with Gasteiger partial charge in [-0.05, 0) is 33.7 Å². The molecule has 2 unspecified atom stereocenters. The Bertz CT molecular complexity index is 329. The molecule has 15 heavy (non-hydrogen) atoms. The maximum atomic E-state index is 5.72. The third-order valence-electron chi connectivity index (χ3n) is 3.07. The highest BCUT2D eigenvalue weighted by atomic mass is 16.5. The lowest BCUT2D eigenvalue weighted by Gasteiger charge is -2.19. The van der Waals surface area contributed by atoms with Crippen molar-refractivity contribution in [1.82, 2.24) is 10.3 Å². The molecule has 1 aromatic heterocycles. The van der Waals surface area contributed by atoms with Gasteiger partial charge in [-0.2, -0.15) is 0 Å². The van der Waals surface area contributed by atoms with Crippen molar-refractivity contribution < 1.29 is 9.15 Å². The molecule has 2 atom stereocenters. The Hall–Kier alpha value is -0.870. The second-order valence-electron chi connectivity index (χ2n) is 4.26. The average molecular weight is 210 g/mol. The number of aromatic nitrogens is 1. The average Bonchev–Trinajstić information content (AvgIpc) is 2.85. The van der Waals surface area contributed by atoms with Gasteiger partial charge >= 0.3 is 0 Å². The van der Waals surface area contributed by atoms with Gasteiger partial charge in [-0.15, -0.1) is 0 Å². The Morgan fingerprint density at radius 3 is 3.00 bits per heavy atom. The summed E-state index contributed by atoms with van der Waals surface area (Å²) in [5, 5.41) is 3.10. The molecule has 0 aliphatic carbocycles. The van der Waals surface area contributed by atoms with E-state index in [4.69, 9.17) is 9.15 Å². The number of nitrogens with zero attached hydrogens (tertiary/aromatic N) is 1. The van der Waals surface area contributed by atoms with Crippen molar-refractivity contribution in [2.45, 2.75) is 38.3 Å². The van der Waals surface area contributed by atoms with Gasteiger partial charge in [-0.1, -0.05) is 0 Å². The molecule has 1 aliphatic rings. The summed E-state index contributed by atoms with van der Waals surface area (Å²) >= 11 is 0. The van der Waals surface area contributed by atoms with Crippen LogP contribution in [0, 0.1) is 0 Å². The number of hydrogen-bond acceptors (Lipinski definition) is 4. The van der Waals surface area contributed by atoms with Crippen molar-refractivity contribution >= 4 is 0 Å². The van der Waals surface area contributed by atoms with Crippen LogP contribution in [-0.2, 0) is 10.3 Å². The summed E-state index contributed by atoms with van der Waals surface area (Å²) in [5.41, 5.74) is -0.265. The minimum atomic E-state index is -0.265. The van der Waals surface area contributed by atoms with Crippen LogP contribution in [0.15, 0.2) is 10.6 Å². The van der Waals surface area contributed by atoms with Crippen LogP contribution in [0.3, 0.4) is 0 Å². The van der Waals surface area contributed by atoms with E-state index in [1.165, 1.54) is 0 Å². The molecule has 0 amide bonds. The minimum Gasteiger partial charge on any atom is -0.441 e. The first-order chi connectivity index (χ1) is 7.15. The summed E-state index contributed by atoms with van der Waals surface area (Å²) in [7, 11) is 1.89. The van der Waals surface area contributed by atoms with Gasteiger partial charge in [0, 0.05) is 6.61 Å². The zero-order valence-electron chi connectivity index (χ0n) is 9.54. The highest BCUT2D eigenvalue weighted by Crippen LogP contribution is 2.36. The van der Waals surface area contributed by atoms with Gasteiger partial charge in [0.2, 0.25) is 5.89 Å². The highest BCUT2D eigenvalue weighted by Gasteiger charge is 2.35. The monoisotopic (exact) mass is 210 g/mol. The molecule has 1 fully saturated rings. The van der Waals surface area contributed by atoms with E-state index >= 15 is 0 Å². The summed E-state index contributed by atoms with van der Waals surface area (Å²) in [6, 6.07) is 0.142. The maximum absolute atomic E-state index is 5.72. The van der Waals surface area contributed by atoms with E-state index in [0.717, 1.165) is 31.1 Å². The van der Waals surface area contributed by atoms with E-state index in [0.29, 0.717) is 0 Å². The molecular formula is C11H18N2O2. The Kier molecular flexibility index (Phi) is 2.80.